The highest BCUT2D eigenvalue weighted by atomic mass is 32.1. The topological polar surface area (TPSA) is 43.1 Å². The summed E-state index contributed by atoms with van der Waals surface area (Å²) in [6.07, 6.45) is 3.51. The molecule has 0 spiro atoms. The molecule has 0 aliphatic carbocycles. The molecule has 8 heteroatoms. The van der Waals surface area contributed by atoms with E-state index in [9.17, 15) is 13.2 Å². The van der Waals surface area contributed by atoms with Crippen LogP contribution in [0, 0.1) is 17.5 Å². The van der Waals surface area contributed by atoms with E-state index in [-0.39, 0.29) is 17.2 Å². The molecule has 0 saturated heterocycles. The monoisotopic (exact) mass is 358 g/mol. The Balaban J connectivity index is 1.71. The highest BCUT2D eigenvalue weighted by molar-refractivity contribution is 7.17. The van der Waals surface area contributed by atoms with Gasteiger partial charge in [-0.15, -0.1) is 10.2 Å². The van der Waals surface area contributed by atoms with Crippen LogP contribution in [0.4, 0.5) is 13.2 Å². The van der Waals surface area contributed by atoms with E-state index >= 15 is 0 Å². The van der Waals surface area contributed by atoms with Gasteiger partial charge in [-0.05, 0) is 35.9 Å². The predicted molar refractivity (Wildman–Crippen MR) is 89.3 cm³/mol. The second-order valence-electron chi connectivity index (χ2n) is 5.14. The van der Waals surface area contributed by atoms with Gasteiger partial charge in [-0.3, -0.25) is 0 Å². The Morgan fingerprint density at radius 3 is 2.52 bits per heavy atom. The van der Waals surface area contributed by atoms with Crippen LogP contribution in [0.25, 0.3) is 28.5 Å². The Morgan fingerprint density at radius 1 is 0.920 bits per heavy atom. The van der Waals surface area contributed by atoms with Crippen molar-refractivity contribution in [1.82, 2.24) is 19.8 Å². The second-order valence-corrected chi connectivity index (χ2v) is 6.13. The fraction of sp³-hybridized carbons (Fsp3) is 0. The highest BCUT2D eigenvalue weighted by Crippen LogP contribution is 2.25. The molecule has 4 rings (SSSR count). The SMILES string of the molecule is Fc1ccc(/C=C/c2nn3c(-c4cccc(F)c4F)nnc3s2)cc1. The number of rotatable bonds is 3. The number of halogens is 3. The molecule has 0 bridgehead atoms. The molecule has 0 amide bonds. The summed E-state index contributed by atoms with van der Waals surface area (Å²) < 4.78 is 41.7. The van der Waals surface area contributed by atoms with Crippen LogP contribution in [0.3, 0.4) is 0 Å². The minimum atomic E-state index is -0.992. The van der Waals surface area contributed by atoms with Gasteiger partial charge in [0.25, 0.3) is 0 Å². The van der Waals surface area contributed by atoms with Gasteiger partial charge in [-0.25, -0.2) is 13.2 Å². The van der Waals surface area contributed by atoms with Gasteiger partial charge in [-0.1, -0.05) is 35.6 Å². The fourth-order valence-corrected chi connectivity index (χ4v) is 3.03. The molecular formula is C17H9F3N4S. The molecule has 2 aromatic carbocycles. The van der Waals surface area contributed by atoms with Gasteiger partial charge >= 0.3 is 0 Å². The summed E-state index contributed by atoms with van der Waals surface area (Å²) in [6, 6.07) is 9.86. The third kappa shape index (κ3) is 2.91. The largest absolute Gasteiger partial charge is 0.235 e. The molecular weight excluding hydrogens is 349 g/mol. The van der Waals surface area contributed by atoms with Gasteiger partial charge in [0.05, 0.1) is 5.56 Å². The van der Waals surface area contributed by atoms with E-state index in [1.807, 2.05) is 0 Å². The van der Waals surface area contributed by atoms with Crippen molar-refractivity contribution in [2.24, 2.45) is 0 Å². The summed E-state index contributed by atoms with van der Waals surface area (Å²) in [4.78, 5) is 0.456. The van der Waals surface area contributed by atoms with Crippen molar-refractivity contribution >= 4 is 28.4 Å². The first kappa shape index (κ1) is 15.5. The molecule has 2 heterocycles. The normalized spacial score (nSPS) is 11.6. The minimum Gasteiger partial charge on any atom is -0.207 e. The van der Waals surface area contributed by atoms with Crippen molar-refractivity contribution in [1.29, 1.82) is 0 Å². The number of fused-ring (bicyclic) bond motifs is 1. The minimum absolute atomic E-state index is 0.00753. The Morgan fingerprint density at radius 2 is 1.72 bits per heavy atom. The van der Waals surface area contributed by atoms with Gasteiger partial charge < -0.3 is 0 Å². The van der Waals surface area contributed by atoms with Crippen LogP contribution in [0.5, 0.6) is 0 Å². The molecule has 4 nitrogen and oxygen atoms in total. The number of nitrogens with zero attached hydrogens (tertiary/aromatic N) is 4. The van der Waals surface area contributed by atoms with E-state index in [0.717, 1.165) is 11.6 Å². The Hall–Kier alpha value is -3.00. The Bertz CT molecular complexity index is 1080. The standard InChI is InChI=1S/C17H9F3N4S/c18-11-7-4-10(5-8-11)6-9-14-23-24-16(21-22-17(24)25-14)12-2-1-3-13(19)15(12)20/h1-9H/b9-6+. The smallest absolute Gasteiger partial charge is 0.207 e. The van der Waals surface area contributed by atoms with E-state index < -0.39 is 11.6 Å². The van der Waals surface area contributed by atoms with Gasteiger partial charge in [0.2, 0.25) is 4.96 Å². The summed E-state index contributed by atoms with van der Waals surface area (Å²) in [7, 11) is 0. The molecule has 0 unspecified atom stereocenters. The molecule has 4 aromatic rings. The lowest BCUT2D eigenvalue weighted by Gasteiger charge is -1.99. The van der Waals surface area contributed by atoms with Crippen molar-refractivity contribution in [3.8, 4) is 11.4 Å². The van der Waals surface area contributed by atoms with Crippen LogP contribution in [0.15, 0.2) is 42.5 Å². The van der Waals surface area contributed by atoms with Crippen molar-refractivity contribution in [2.45, 2.75) is 0 Å². The average Bonchev–Trinajstić information content (AvgIpc) is 3.17. The van der Waals surface area contributed by atoms with Crippen molar-refractivity contribution in [2.75, 3.05) is 0 Å². The summed E-state index contributed by atoms with van der Waals surface area (Å²) in [6.45, 7) is 0. The molecule has 25 heavy (non-hydrogen) atoms. The van der Waals surface area contributed by atoms with Crippen molar-refractivity contribution < 1.29 is 13.2 Å². The lowest BCUT2D eigenvalue weighted by atomic mass is 10.2. The quantitative estimate of drug-likeness (QED) is 0.544. The zero-order chi connectivity index (χ0) is 17.4. The maximum atomic E-state index is 14.0. The number of hydrogen-bond donors (Lipinski definition) is 0. The van der Waals surface area contributed by atoms with E-state index in [1.54, 1.807) is 24.3 Å². The average molecular weight is 358 g/mol. The van der Waals surface area contributed by atoms with Crippen molar-refractivity contribution in [3.63, 3.8) is 0 Å². The maximum Gasteiger partial charge on any atom is 0.235 e. The van der Waals surface area contributed by atoms with Crippen LogP contribution in [-0.2, 0) is 0 Å². The molecule has 0 N–H and O–H groups in total. The van der Waals surface area contributed by atoms with Crippen LogP contribution in [-0.4, -0.2) is 19.8 Å². The number of benzene rings is 2. The van der Waals surface area contributed by atoms with Crippen LogP contribution in [0.2, 0.25) is 0 Å². The maximum absolute atomic E-state index is 14.0. The number of aromatic nitrogens is 4. The number of hydrogen-bond acceptors (Lipinski definition) is 4. The predicted octanol–water partition coefficient (Wildman–Crippen LogP) is 4.44. The Kier molecular flexibility index (Phi) is 3.81. The Labute approximate surface area is 143 Å². The first-order chi connectivity index (χ1) is 12.1. The molecule has 2 aromatic heterocycles. The van der Waals surface area contributed by atoms with E-state index in [1.165, 1.54) is 40.1 Å². The first-order valence-electron chi connectivity index (χ1n) is 7.22. The zero-order valence-corrected chi connectivity index (χ0v) is 13.3. The molecule has 0 fully saturated rings. The fourth-order valence-electron chi connectivity index (χ4n) is 2.28. The zero-order valence-electron chi connectivity index (χ0n) is 12.5. The first-order valence-corrected chi connectivity index (χ1v) is 8.04. The molecule has 0 radical (unpaired) electrons. The lowest BCUT2D eigenvalue weighted by molar-refractivity contribution is 0.510. The van der Waals surface area contributed by atoms with E-state index in [0.29, 0.717) is 9.97 Å². The van der Waals surface area contributed by atoms with Gasteiger partial charge in [0, 0.05) is 0 Å². The van der Waals surface area contributed by atoms with E-state index in [2.05, 4.69) is 15.3 Å². The van der Waals surface area contributed by atoms with Crippen LogP contribution >= 0.6 is 11.3 Å². The van der Waals surface area contributed by atoms with E-state index in [4.69, 9.17) is 0 Å². The van der Waals surface area contributed by atoms with Crippen molar-refractivity contribution in [3.05, 3.63) is 70.5 Å². The summed E-state index contributed by atoms with van der Waals surface area (Å²) in [5.74, 6) is -2.13. The van der Waals surface area contributed by atoms with Gasteiger partial charge in [-0.2, -0.15) is 9.61 Å². The summed E-state index contributed by atoms with van der Waals surface area (Å²) in [5, 5.41) is 12.8. The highest BCUT2D eigenvalue weighted by Gasteiger charge is 2.17. The molecule has 0 saturated carbocycles. The molecule has 0 aliphatic heterocycles. The third-order valence-electron chi connectivity index (χ3n) is 3.49. The molecule has 0 aliphatic rings. The lowest BCUT2D eigenvalue weighted by Crippen LogP contribution is -1.95. The summed E-state index contributed by atoms with van der Waals surface area (Å²) >= 11 is 1.25. The van der Waals surface area contributed by atoms with Gasteiger partial charge in [0.1, 0.15) is 10.8 Å². The molecule has 124 valence electrons. The van der Waals surface area contributed by atoms with Crippen LogP contribution in [0.1, 0.15) is 10.6 Å². The summed E-state index contributed by atoms with van der Waals surface area (Å²) in [5.41, 5.74) is 0.802. The van der Waals surface area contributed by atoms with Crippen LogP contribution < -0.4 is 0 Å². The second kappa shape index (κ2) is 6.14. The van der Waals surface area contributed by atoms with Gasteiger partial charge in [0.15, 0.2) is 17.5 Å². The third-order valence-corrected chi connectivity index (χ3v) is 4.35. The molecule has 0 atom stereocenters.